The highest BCUT2D eigenvalue weighted by atomic mass is 16.6. The monoisotopic (exact) mass is 326 g/mol. The second-order valence-corrected chi connectivity index (χ2v) is 8.12. The average Bonchev–Trinajstić information content (AvgIpc) is 2.89. The van der Waals surface area contributed by atoms with E-state index in [1.165, 1.54) is 25.7 Å². The van der Waals surface area contributed by atoms with E-state index in [4.69, 9.17) is 4.74 Å². The number of ether oxygens (including phenoxy) is 1. The van der Waals surface area contributed by atoms with Gasteiger partial charge in [-0.15, -0.1) is 0 Å². The van der Waals surface area contributed by atoms with Gasteiger partial charge in [-0.25, -0.2) is 4.79 Å². The first-order chi connectivity index (χ1) is 10.8. The maximum Gasteiger partial charge on any atom is 0.410 e. The van der Waals surface area contributed by atoms with Crippen LogP contribution in [0.5, 0.6) is 0 Å². The Labute approximate surface area is 140 Å². The van der Waals surface area contributed by atoms with E-state index in [1.807, 2.05) is 25.7 Å². The van der Waals surface area contributed by atoms with Gasteiger partial charge in [0.05, 0.1) is 6.10 Å². The summed E-state index contributed by atoms with van der Waals surface area (Å²) in [6.45, 7) is 7.87. The van der Waals surface area contributed by atoms with Gasteiger partial charge in [-0.05, 0) is 58.8 Å². The van der Waals surface area contributed by atoms with Crippen LogP contribution >= 0.6 is 0 Å². The van der Waals surface area contributed by atoms with Crippen LogP contribution in [0.2, 0.25) is 0 Å². The van der Waals surface area contributed by atoms with Crippen molar-refractivity contribution in [2.75, 3.05) is 19.6 Å². The van der Waals surface area contributed by atoms with Crippen LogP contribution in [0, 0.1) is 5.92 Å². The van der Waals surface area contributed by atoms with E-state index in [0.717, 1.165) is 32.4 Å². The summed E-state index contributed by atoms with van der Waals surface area (Å²) in [5.74, 6) is 0.478. The molecule has 0 aromatic carbocycles. The molecular weight excluding hydrogens is 292 g/mol. The van der Waals surface area contributed by atoms with E-state index in [1.54, 1.807) is 0 Å². The Bertz CT molecular complexity index is 375. The van der Waals surface area contributed by atoms with Crippen molar-refractivity contribution in [3.8, 4) is 0 Å². The van der Waals surface area contributed by atoms with Gasteiger partial charge < -0.3 is 20.1 Å². The summed E-state index contributed by atoms with van der Waals surface area (Å²) in [6.07, 6.45) is 7.39. The van der Waals surface area contributed by atoms with Crippen molar-refractivity contribution < 1.29 is 14.6 Å². The number of nitrogens with zero attached hydrogens (tertiary/aromatic N) is 1. The maximum atomic E-state index is 12.2. The lowest BCUT2D eigenvalue weighted by molar-refractivity contribution is 0.0255. The van der Waals surface area contributed by atoms with Gasteiger partial charge in [0.1, 0.15) is 5.60 Å². The molecule has 0 aromatic rings. The van der Waals surface area contributed by atoms with Gasteiger partial charge in [-0.1, -0.05) is 12.8 Å². The van der Waals surface area contributed by atoms with Gasteiger partial charge in [0.15, 0.2) is 0 Å². The molecule has 2 atom stereocenters. The van der Waals surface area contributed by atoms with E-state index in [0.29, 0.717) is 18.5 Å². The summed E-state index contributed by atoms with van der Waals surface area (Å²) in [5.41, 5.74) is -0.438. The van der Waals surface area contributed by atoms with Crippen molar-refractivity contribution in [1.29, 1.82) is 0 Å². The molecule has 134 valence electrons. The molecule has 5 nitrogen and oxygen atoms in total. The van der Waals surface area contributed by atoms with Crippen LogP contribution in [0.15, 0.2) is 0 Å². The quantitative estimate of drug-likeness (QED) is 0.834. The molecule has 0 radical (unpaired) electrons. The molecule has 5 heteroatoms. The minimum Gasteiger partial charge on any atom is -0.444 e. The minimum atomic E-state index is -0.438. The molecule has 0 spiro atoms. The SMILES string of the molecule is CC(C)(C)OC(=O)N1CCC[C@H](NC[C@@H](O)C2CCCC2)CC1. The lowest BCUT2D eigenvalue weighted by Crippen LogP contribution is -2.40. The van der Waals surface area contributed by atoms with Gasteiger partial charge in [0.25, 0.3) is 0 Å². The molecule has 1 saturated heterocycles. The third-order valence-corrected chi connectivity index (χ3v) is 4.94. The zero-order valence-corrected chi connectivity index (χ0v) is 15.0. The van der Waals surface area contributed by atoms with Gasteiger partial charge in [0.2, 0.25) is 0 Å². The Morgan fingerprint density at radius 1 is 1.17 bits per heavy atom. The van der Waals surface area contributed by atoms with Crippen LogP contribution in [0.4, 0.5) is 4.79 Å². The molecule has 1 saturated carbocycles. The molecule has 0 aromatic heterocycles. The first-order valence-corrected chi connectivity index (χ1v) is 9.24. The molecular formula is C18H34N2O3. The number of aliphatic hydroxyl groups is 1. The lowest BCUT2D eigenvalue weighted by atomic mass is 10.00. The van der Waals surface area contributed by atoms with Gasteiger partial charge in [-0.3, -0.25) is 0 Å². The highest BCUT2D eigenvalue weighted by Crippen LogP contribution is 2.27. The standard InChI is InChI=1S/C18H34N2O3/c1-18(2,3)23-17(22)20-11-6-9-15(10-12-20)19-13-16(21)14-7-4-5-8-14/h14-16,19,21H,4-13H2,1-3H3/t15-,16+/m0/s1. The highest BCUT2D eigenvalue weighted by molar-refractivity contribution is 5.68. The summed E-state index contributed by atoms with van der Waals surface area (Å²) in [6, 6.07) is 0.387. The van der Waals surface area contributed by atoms with Crippen LogP contribution in [0.25, 0.3) is 0 Å². The van der Waals surface area contributed by atoms with Crippen molar-refractivity contribution in [1.82, 2.24) is 10.2 Å². The van der Waals surface area contributed by atoms with Crippen LogP contribution in [-0.2, 0) is 4.74 Å². The zero-order valence-electron chi connectivity index (χ0n) is 15.0. The Balaban J connectivity index is 1.71. The van der Waals surface area contributed by atoms with Crippen LogP contribution in [0.3, 0.4) is 0 Å². The van der Waals surface area contributed by atoms with E-state index in [2.05, 4.69) is 5.32 Å². The number of amides is 1. The van der Waals surface area contributed by atoms with E-state index in [9.17, 15) is 9.90 Å². The molecule has 2 fully saturated rings. The Hall–Kier alpha value is -0.810. The van der Waals surface area contributed by atoms with Gasteiger partial charge in [-0.2, -0.15) is 0 Å². The zero-order chi connectivity index (χ0) is 16.9. The number of rotatable bonds is 4. The van der Waals surface area contributed by atoms with Crippen LogP contribution < -0.4 is 5.32 Å². The van der Waals surface area contributed by atoms with Crippen molar-refractivity contribution >= 4 is 6.09 Å². The number of carbonyl (C=O) groups excluding carboxylic acids is 1. The third kappa shape index (κ3) is 6.30. The summed E-state index contributed by atoms with van der Waals surface area (Å²) in [4.78, 5) is 14.0. The largest absolute Gasteiger partial charge is 0.444 e. The number of nitrogens with one attached hydrogen (secondary N) is 1. The first kappa shape index (κ1) is 18.5. The molecule has 1 aliphatic heterocycles. The molecule has 23 heavy (non-hydrogen) atoms. The average molecular weight is 326 g/mol. The molecule has 1 aliphatic carbocycles. The Morgan fingerprint density at radius 3 is 2.52 bits per heavy atom. The molecule has 1 heterocycles. The third-order valence-electron chi connectivity index (χ3n) is 4.94. The summed E-state index contributed by atoms with van der Waals surface area (Å²) < 4.78 is 5.46. The number of carbonyl (C=O) groups is 1. The fourth-order valence-corrected chi connectivity index (χ4v) is 3.61. The number of aliphatic hydroxyl groups excluding tert-OH is 1. The second kappa shape index (κ2) is 8.34. The minimum absolute atomic E-state index is 0.204. The Kier molecular flexibility index (Phi) is 6.72. The molecule has 2 aliphatic rings. The fraction of sp³-hybridized carbons (Fsp3) is 0.944. The van der Waals surface area contributed by atoms with Crippen molar-refractivity contribution in [3.05, 3.63) is 0 Å². The topological polar surface area (TPSA) is 61.8 Å². The smallest absolute Gasteiger partial charge is 0.410 e. The molecule has 0 bridgehead atoms. The predicted molar refractivity (Wildman–Crippen MR) is 91.4 cm³/mol. The summed E-state index contributed by atoms with van der Waals surface area (Å²) in [7, 11) is 0. The van der Waals surface area contributed by atoms with Gasteiger partial charge in [0, 0.05) is 25.7 Å². The number of likely N-dealkylation sites (tertiary alicyclic amines) is 1. The van der Waals surface area contributed by atoms with Crippen LogP contribution in [-0.4, -0.2) is 53.5 Å². The van der Waals surface area contributed by atoms with Crippen LogP contribution in [0.1, 0.15) is 65.7 Å². The molecule has 0 unspecified atom stereocenters. The number of hydrogen-bond donors (Lipinski definition) is 2. The van der Waals surface area contributed by atoms with E-state index >= 15 is 0 Å². The number of hydrogen-bond acceptors (Lipinski definition) is 4. The maximum absolute atomic E-state index is 12.2. The summed E-state index contributed by atoms with van der Waals surface area (Å²) >= 11 is 0. The van der Waals surface area contributed by atoms with E-state index < -0.39 is 5.60 Å². The van der Waals surface area contributed by atoms with Crippen molar-refractivity contribution in [2.45, 2.75) is 83.5 Å². The first-order valence-electron chi connectivity index (χ1n) is 9.24. The van der Waals surface area contributed by atoms with Gasteiger partial charge >= 0.3 is 6.09 Å². The van der Waals surface area contributed by atoms with Crippen molar-refractivity contribution in [2.24, 2.45) is 5.92 Å². The van der Waals surface area contributed by atoms with E-state index in [-0.39, 0.29) is 12.2 Å². The van der Waals surface area contributed by atoms with Crippen molar-refractivity contribution in [3.63, 3.8) is 0 Å². The fourth-order valence-electron chi connectivity index (χ4n) is 3.61. The molecule has 2 rings (SSSR count). The normalized spacial score (nSPS) is 25.2. The predicted octanol–water partition coefficient (Wildman–Crippen LogP) is 2.92. The molecule has 2 N–H and O–H groups in total. The molecule has 1 amide bonds. The Morgan fingerprint density at radius 2 is 1.87 bits per heavy atom. The second-order valence-electron chi connectivity index (χ2n) is 8.12. The highest BCUT2D eigenvalue weighted by Gasteiger charge is 2.27. The lowest BCUT2D eigenvalue weighted by Gasteiger charge is -2.26. The summed E-state index contributed by atoms with van der Waals surface area (Å²) in [5, 5.41) is 13.8.